The van der Waals surface area contributed by atoms with Crippen LogP contribution in [0.25, 0.3) is 31.3 Å². The molecule has 2 aliphatic carbocycles. The maximum Gasteiger partial charge on any atom is 0.254 e. The molecule has 3 nitrogen and oxygen atoms in total. The van der Waals surface area contributed by atoms with Crippen LogP contribution in [-0.2, 0) is 27.1 Å². The van der Waals surface area contributed by atoms with Gasteiger partial charge in [-0.3, -0.25) is 0 Å². The topological polar surface area (TPSA) is 9.72 Å². The molecule has 5 heterocycles. The summed E-state index contributed by atoms with van der Waals surface area (Å²) in [6, 6.07) is 43.5. The molecule has 7 aromatic carbocycles. The maximum absolute atomic E-state index is 10.3. The summed E-state index contributed by atoms with van der Waals surface area (Å²) < 4.78 is 33.1. The van der Waals surface area contributed by atoms with E-state index in [4.69, 9.17) is 0 Å². The Morgan fingerprint density at radius 3 is 1.85 bits per heavy atom. The number of anilines is 7. The van der Waals surface area contributed by atoms with Gasteiger partial charge in [-0.05, 0) is 153 Å². The van der Waals surface area contributed by atoms with E-state index in [1.807, 2.05) is 11.3 Å². The number of nitrogens with zero attached hydrogens (tertiary/aromatic N) is 3. The normalized spacial score (nSPS) is 25.1. The van der Waals surface area contributed by atoms with Crippen molar-refractivity contribution >= 4 is 94.4 Å². The average Bonchev–Trinajstić information content (AvgIpc) is 4.17. The van der Waals surface area contributed by atoms with Gasteiger partial charge in [0.1, 0.15) is 0 Å². The standard InChI is InChI=1S/C70H76BN3S/c1-64(2,3)44-27-30-54(50(37-44)43-23-15-14-16-24-43)72-56-32-29-49-48-25-17-18-26-59(48)75-63(49)61(56)71-53-40-46(66(7,8)9)39-52-62(53)74(70(13)36-22-20-34-68(52,70)11)58-42-47(41-57(72)60(58)71)73-55-31-28-45(65(4,5)6)38-51(55)67(10)33-19-21-35-69(67,73)12/h14-18,23-32,37-42H,19-22,33-36H2,1-13H3/i28D,31D,38D. The Morgan fingerprint density at radius 1 is 0.520 bits per heavy atom. The van der Waals surface area contributed by atoms with Crippen LogP contribution in [0.5, 0.6) is 0 Å². The van der Waals surface area contributed by atoms with Crippen molar-refractivity contribution in [2.75, 3.05) is 14.7 Å². The first-order valence-corrected chi connectivity index (χ1v) is 29.2. The van der Waals surface area contributed by atoms with Crippen LogP contribution in [-0.4, -0.2) is 17.8 Å². The van der Waals surface area contributed by atoms with Gasteiger partial charge >= 0.3 is 0 Å². The highest BCUT2D eigenvalue weighted by Crippen LogP contribution is 2.65. The molecule has 380 valence electrons. The average molecular weight is 1010 g/mol. The van der Waals surface area contributed by atoms with Crippen LogP contribution in [0.1, 0.15) is 173 Å². The predicted molar refractivity (Wildman–Crippen MR) is 326 cm³/mol. The molecule has 0 radical (unpaired) electrons. The number of hydrogen-bond acceptors (Lipinski definition) is 4. The van der Waals surface area contributed by atoms with Gasteiger partial charge in [0.25, 0.3) is 6.71 Å². The minimum absolute atomic E-state index is 0.0806. The fourth-order valence-electron chi connectivity index (χ4n) is 15.7. The summed E-state index contributed by atoms with van der Waals surface area (Å²) in [5.74, 6) is 0. The predicted octanol–water partition coefficient (Wildman–Crippen LogP) is 17.7. The van der Waals surface area contributed by atoms with Crippen molar-refractivity contribution in [3.05, 3.63) is 155 Å². The van der Waals surface area contributed by atoms with Crippen molar-refractivity contribution in [2.24, 2.45) is 0 Å². The highest BCUT2D eigenvalue weighted by atomic mass is 32.1. The quantitative estimate of drug-likeness (QED) is 0.163. The first-order chi connectivity index (χ1) is 36.8. The summed E-state index contributed by atoms with van der Waals surface area (Å²) in [6.07, 6.45) is 8.58. The van der Waals surface area contributed by atoms with Crippen molar-refractivity contribution in [1.82, 2.24) is 0 Å². The van der Waals surface area contributed by atoms with Gasteiger partial charge in [0.2, 0.25) is 0 Å². The van der Waals surface area contributed by atoms with Crippen LogP contribution in [0.3, 0.4) is 0 Å². The first kappa shape index (κ1) is 44.4. The second kappa shape index (κ2) is 15.5. The Balaban J connectivity index is 1.18. The highest BCUT2D eigenvalue weighted by Gasteiger charge is 2.63. The lowest BCUT2D eigenvalue weighted by atomic mass is 9.33. The second-order valence-electron chi connectivity index (χ2n) is 27.7. The van der Waals surface area contributed by atoms with Gasteiger partial charge in [0.05, 0.1) is 20.9 Å². The lowest BCUT2D eigenvalue weighted by Crippen LogP contribution is -2.64. The molecule has 0 bridgehead atoms. The minimum atomic E-state index is -0.472. The zero-order chi connectivity index (χ0) is 54.8. The van der Waals surface area contributed by atoms with E-state index in [9.17, 15) is 4.11 Å². The molecule has 4 atom stereocenters. The fourth-order valence-corrected chi connectivity index (χ4v) is 17.0. The molecule has 5 heteroatoms. The summed E-state index contributed by atoms with van der Waals surface area (Å²) in [6.45, 7) is 30.5. The lowest BCUT2D eigenvalue weighted by Gasteiger charge is -2.54. The molecular weight excluding hydrogens is 926 g/mol. The number of thiophene rings is 1. The molecule has 2 fully saturated rings. The van der Waals surface area contributed by atoms with Gasteiger partial charge in [-0.1, -0.05) is 187 Å². The summed E-state index contributed by atoms with van der Waals surface area (Å²) in [5, 5.41) is 2.62. The highest BCUT2D eigenvalue weighted by molar-refractivity contribution is 7.28. The zero-order valence-corrected chi connectivity index (χ0v) is 47.7. The van der Waals surface area contributed by atoms with Crippen LogP contribution in [0, 0.1) is 0 Å². The van der Waals surface area contributed by atoms with E-state index in [1.165, 1.54) is 100.0 Å². The monoisotopic (exact) mass is 1000 g/mol. The second-order valence-corrected chi connectivity index (χ2v) is 28.8. The number of rotatable bonds is 3. The van der Waals surface area contributed by atoms with E-state index in [0.717, 1.165) is 61.2 Å². The van der Waals surface area contributed by atoms with E-state index in [1.54, 1.807) is 0 Å². The summed E-state index contributed by atoms with van der Waals surface area (Å²) in [5.41, 5.74) is 18.5. The molecule has 0 saturated heterocycles. The molecule has 2 saturated carbocycles. The number of benzene rings is 7. The Bertz CT molecular complexity index is 3910. The maximum atomic E-state index is 10.3. The van der Waals surface area contributed by atoms with Gasteiger partial charge in [-0.25, -0.2) is 0 Å². The Kier molecular flexibility index (Phi) is 9.14. The number of fused-ring (bicyclic) bond motifs is 14. The Labute approximate surface area is 456 Å². The smallest absolute Gasteiger partial charge is 0.254 e. The molecule has 0 spiro atoms. The van der Waals surface area contributed by atoms with Gasteiger partial charge in [-0.15, -0.1) is 11.3 Å². The molecule has 8 aromatic rings. The van der Waals surface area contributed by atoms with Crippen molar-refractivity contribution < 1.29 is 4.11 Å². The largest absolute Gasteiger partial charge is 0.335 e. The van der Waals surface area contributed by atoms with Crippen LogP contribution in [0.15, 0.2) is 127 Å². The van der Waals surface area contributed by atoms with Gasteiger partial charge < -0.3 is 14.7 Å². The van der Waals surface area contributed by atoms with E-state index >= 15 is 0 Å². The van der Waals surface area contributed by atoms with E-state index < -0.39 is 16.4 Å². The minimum Gasteiger partial charge on any atom is -0.335 e. The third-order valence-electron chi connectivity index (χ3n) is 20.4. The molecule has 1 aromatic heterocycles. The molecule has 75 heavy (non-hydrogen) atoms. The molecule has 0 N–H and O–H groups in total. The fraction of sp³-hybridized carbons (Fsp3) is 0.400. The third kappa shape index (κ3) is 6.28. The SMILES string of the molecule is [2H]c1c([2H])c(C(C)(C)C)c([2H])c2c1N(c1cc3c4c(c1)N1c5c(cc(C(C)(C)C)cc5C5(C)CCCCC15C)B4c1c(ccc4c1sc1ccccc14)N3c1ccc(C(C)(C)C)cc1-c1ccccc1)C1(C)CCCCC21C. The Hall–Kier alpha value is -5.78. The third-order valence-corrected chi connectivity index (χ3v) is 21.6. The van der Waals surface area contributed by atoms with Gasteiger partial charge in [0.15, 0.2) is 0 Å². The van der Waals surface area contributed by atoms with Crippen molar-refractivity contribution in [3.8, 4) is 11.1 Å². The molecule has 0 amide bonds. The Morgan fingerprint density at radius 2 is 1.15 bits per heavy atom. The molecule has 14 rings (SSSR count). The molecule has 6 aliphatic rings. The van der Waals surface area contributed by atoms with Crippen molar-refractivity contribution in [1.29, 1.82) is 0 Å². The molecular formula is C70H76BN3S. The summed E-state index contributed by atoms with van der Waals surface area (Å²) >= 11 is 1.96. The van der Waals surface area contributed by atoms with Crippen LogP contribution < -0.4 is 31.1 Å². The van der Waals surface area contributed by atoms with Crippen molar-refractivity contribution in [3.63, 3.8) is 0 Å². The van der Waals surface area contributed by atoms with E-state index in [-0.39, 0.29) is 40.6 Å². The van der Waals surface area contributed by atoms with Crippen LogP contribution in [0.2, 0.25) is 0 Å². The molecule has 4 unspecified atom stereocenters. The zero-order valence-electron chi connectivity index (χ0n) is 49.9. The van der Waals surface area contributed by atoms with Crippen LogP contribution >= 0.6 is 11.3 Å². The van der Waals surface area contributed by atoms with Gasteiger partial charge in [0, 0.05) is 65.3 Å². The van der Waals surface area contributed by atoms with Crippen molar-refractivity contribution in [2.45, 2.75) is 180 Å². The molecule has 4 aliphatic heterocycles. The lowest BCUT2D eigenvalue weighted by molar-refractivity contribution is 0.194. The summed E-state index contributed by atoms with van der Waals surface area (Å²) in [7, 11) is 0. The van der Waals surface area contributed by atoms with Crippen LogP contribution in [0.4, 0.5) is 39.8 Å². The summed E-state index contributed by atoms with van der Waals surface area (Å²) in [4.78, 5) is 8.09. The number of hydrogen-bond donors (Lipinski definition) is 0. The first-order valence-electron chi connectivity index (χ1n) is 29.9. The van der Waals surface area contributed by atoms with E-state index in [0.29, 0.717) is 11.6 Å². The van der Waals surface area contributed by atoms with Gasteiger partial charge in [-0.2, -0.15) is 0 Å². The van der Waals surface area contributed by atoms with E-state index in [2.05, 4.69) is 214 Å².